The van der Waals surface area contributed by atoms with Crippen LogP contribution in [0.4, 0.5) is 5.69 Å². The fraction of sp³-hybridized carbons (Fsp3) is 0.242. The van der Waals surface area contributed by atoms with Crippen LogP contribution in [0.2, 0.25) is 0 Å². The van der Waals surface area contributed by atoms with Crippen LogP contribution in [0.3, 0.4) is 0 Å². The maximum Gasteiger partial charge on any atom is 0.271 e. The molecule has 8 nitrogen and oxygen atoms in total. The lowest BCUT2D eigenvalue weighted by atomic mass is 9.95. The Balaban J connectivity index is 1.63. The normalized spacial score (nSPS) is 14.7. The number of anilines is 1. The molecule has 4 aromatic rings. The fourth-order valence-corrected chi connectivity index (χ4v) is 5.92. The lowest BCUT2D eigenvalue weighted by Gasteiger charge is -2.25. The summed E-state index contributed by atoms with van der Waals surface area (Å²) in [5.74, 6) is 1.66. The molecule has 3 aromatic carbocycles. The van der Waals surface area contributed by atoms with Crippen molar-refractivity contribution in [2.45, 2.75) is 33.7 Å². The van der Waals surface area contributed by atoms with E-state index in [0.29, 0.717) is 63.4 Å². The van der Waals surface area contributed by atoms with Crippen LogP contribution < -0.4 is 34.4 Å². The van der Waals surface area contributed by atoms with Gasteiger partial charge in [0.15, 0.2) is 16.3 Å². The molecule has 0 saturated heterocycles. The van der Waals surface area contributed by atoms with Gasteiger partial charge in [-0.05, 0) is 81.3 Å². The molecule has 0 saturated carbocycles. The monoisotopic (exact) mass is 583 g/mol. The summed E-state index contributed by atoms with van der Waals surface area (Å²) in [6.07, 6.45) is 1.82. The number of rotatable bonds is 10. The number of ether oxygens (including phenoxy) is 3. The van der Waals surface area contributed by atoms with Gasteiger partial charge in [-0.25, -0.2) is 4.99 Å². The van der Waals surface area contributed by atoms with E-state index >= 15 is 0 Å². The first-order valence-corrected chi connectivity index (χ1v) is 14.8. The van der Waals surface area contributed by atoms with Gasteiger partial charge in [0, 0.05) is 5.69 Å². The van der Waals surface area contributed by atoms with Crippen LogP contribution in [0.5, 0.6) is 17.2 Å². The van der Waals surface area contributed by atoms with Gasteiger partial charge in [0.05, 0.1) is 41.7 Å². The molecule has 42 heavy (non-hydrogen) atoms. The lowest BCUT2D eigenvalue weighted by Crippen LogP contribution is -2.40. The first-order chi connectivity index (χ1) is 20.4. The van der Waals surface area contributed by atoms with Crippen molar-refractivity contribution in [1.29, 1.82) is 0 Å². The second kappa shape index (κ2) is 12.9. The number of benzene rings is 3. The summed E-state index contributed by atoms with van der Waals surface area (Å²) in [5.41, 5.74) is 2.95. The highest BCUT2D eigenvalue weighted by atomic mass is 32.1. The van der Waals surface area contributed by atoms with Crippen molar-refractivity contribution in [1.82, 2.24) is 4.57 Å². The van der Waals surface area contributed by atoms with Gasteiger partial charge in [-0.15, -0.1) is 0 Å². The Kier molecular flexibility index (Phi) is 8.88. The third kappa shape index (κ3) is 6.01. The third-order valence-electron chi connectivity index (χ3n) is 6.67. The van der Waals surface area contributed by atoms with Crippen LogP contribution in [-0.2, 0) is 4.79 Å². The predicted octanol–water partition coefficient (Wildman–Crippen LogP) is 5.07. The van der Waals surface area contributed by atoms with Gasteiger partial charge in [-0.3, -0.25) is 14.2 Å². The smallest absolute Gasteiger partial charge is 0.271 e. The molecule has 1 aliphatic rings. The second-order valence-electron chi connectivity index (χ2n) is 9.48. The number of amides is 1. The fourth-order valence-electron chi connectivity index (χ4n) is 4.87. The van der Waals surface area contributed by atoms with Gasteiger partial charge < -0.3 is 19.5 Å². The standard InChI is InChI=1S/C33H33N3O5S/c1-5-39-25-16-14-23(15-17-25)30-29(31(37)35-24-11-9-8-10-12-24)21(4)34-33-36(30)32(38)28(42-33)20-22-13-18-26(40-6-2)27(19-22)41-7-3/h8-20,30H,5-7H2,1-4H3,(H,35,37)/b28-20-/t30-/m0/s1. The van der Waals surface area contributed by atoms with Crippen LogP contribution >= 0.6 is 11.3 Å². The second-order valence-corrected chi connectivity index (χ2v) is 10.5. The molecule has 1 N–H and O–H groups in total. The quantitative estimate of drug-likeness (QED) is 0.282. The molecule has 0 aliphatic carbocycles. The Bertz CT molecular complexity index is 1790. The SMILES string of the molecule is CCOc1ccc([C@H]2C(C(=O)Nc3ccccc3)=C(C)N=c3s/c(=C\c4ccc(OCC)c(OCC)c4)c(=O)n32)cc1. The van der Waals surface area contributed by atoms with Crippen LogP contribution in [0.15, 0.2) is 93.9 Å². The number of carbonyl (C=O) groups is 1. The summed E-state index contributed by atoms with van der Waals surface area (Å²) in [7, 11) is 0. The Morgan fingerprint density at radius 2 is 1.62 bits per heavy atom. The summed E-state index contributed by atoms with van der Waals surface area (Å²) >= 11 is 1.29. The molecular formula is C33H33N3O5S. The minimum Gasteiger partial charge on any atom is -0.494 e. The van der Waals surface area contributed by atoms with E-state index in [0.717, 1.165) is 11.1 Å². The number of aromatic nitrogens is 1. The minimum atomic E-state index is -0.679. The van der Waals surface area contributed by atoms with Crippen molar-refractivity contribution >= 4 is 29.0 Å². The van der Waals surface area contributed by atoms with Crippen molar-refractivity contribution in [3.63, 3.8) is 0 Å². The van der Waals surface area contributed by atoms with Gasteiger partial charge in [0.25, 0.3) is 11.5 Å². The number of allylic oxidation sites excluding steroid dienone is 1. The van der Waals surface area contributed by atoms with Crippen molar-refractivity contribution < 1.29 is 19.0 Å². The van der Waals surface area contributed by atoms with E-state index in [-0.39, 0.29) is 11.5 Å². The van der Waals surface area contributed by atoms with Crippen LogP contribution in [0, 0.1) is 0 Å². The average Bonchev–Trinajstić information content (AvgIpc) is 3.29. The van der Waals surface area contributed by atoms with E-state index in [2.05, 4.69) is 5.32 Å². The predicted molar refractivity (Wildman–Crippen MR) is 165 cm³/mol. The van der Waals surface area contributed by atoms with E-state index in [9.17, 15) is 9.59 Å². The summed E-state index contributed by atoms with van der Waals surface area (Å²) in [5, 5.41) is 2.98. The zero-order chi connectivity index (χ0) is 29.6. The molecule has 2 heterocycles. The zero-order valence-electron chi connectivity index (χ0n) is 24.0. The van der Waals surface area contributed by atoms with Gasteiger partial charge in [0.2, 0.25) is 0 Å². The Morgan fingerprint density at radius 3 is 2.31 bits per heavy atom. The molecule has 5 rings (SSSR count). The number of nitrogens with one attached hydrogen (secondary N) is 1. The highest BCUT2D eigenvalue weighted by Gasteiger charge is 2.32. The highest BCUT2D eigenvalue weighted by molar-refractivity contribution is 7.07. The van der Waals surface area contributed by atoms with E-state index in [1.54, 1.807) is 11.5 Å². The molecule has 1 amide bonds. The Morgan fingerprint density at radius 1 is 0.929 bits per heavy atom. The van der Waals surface area contributed by atoms with Crippen LogP contribution in [-0.4, -0.2) is 30.3 Å². The Hall–Kier alpha value is -4.63. The summed E-state index contributed by atoms with van der Waals surface area (Å²) in [6.45, 7) is 9.10. The minimum absolute atomic E-state index is 0.234. The van der Waals surface area contributed by atoms with Crippen molar-refractivity contribution in [3.05, 3.63) is 115 Å². The zero-order valence-corrected chi connectivity index (χ0v) is 24.9. The molecule has 0 bridgehead atoms. The topological polar surface area (TPSA) is 91.2 Å². The number of nitrogens with zero attached hydrogens (tertiary/aromatic N) is 2. The number of hydrogen-bond acceptors (Lipinski definition) is 7. The van der Waals surface area contributed by atoms with Crippen molar-refractivity contribution in [3.8, 4) is 17.2 Å². The average molecular weight is 584 g/mol. The first kappa shape index (κ1) is 28.9. The number of para-hydroxylation sites is 1. The molecule has 1 aromatic heterocycles. The number of carbonyl (C=O) groups excluding carboxylic acids is 1. The van der Waals surface area contributed by atoms with Crippen LogP contribution in [0.1, 0.15) is 44.9 Å². The molecule has 1 aliphatic heterocycles. The maximum atomic E-state index is 14.0. The molecule has 0 unspecified atom stereocenters. The molecule has 0 fully saturated rings. The van der Waals surface area contributed by atoms with Gasteiger partial charge in [-0.2, -0.15) is 0 Å². The van der Waals surface area contributed by atoms with Crippen molar-refractivity contribution in [2.24, 2.45) is 4.99 Å². The number of thiazole rings is 1. The molecule has 1 atom stereocenters. The van der Waals surface area contributed by atoms with Gasteiger partial charge in [0.1, 0.15) is 5.75 Å². The Labute approximate surface area is 248 Å². The largest absolute Gasteiger partial charge is 0.494 e. The van der Waals surface area contributed by atoms with Crippen molar-refractivity contribution in [2.75, 3.05) is 25.1 Å². The summed E-state index contributed by atoms with van der Waals surface area (Å²) in [4.78, 5) is 33.0. The number of hydrogen-bond donors (Lipinski definition) is 1. The third-order valence-corrected chi connectivity index (χ3v) is 7.65. The van der Waals surface area contributed by atoms with Gasteiger partial charge in [-0.1, -0.05) is 47.7 Å². The first-order valence-electron chi connectivity index (χ1n) is 13.9. The maximum absolute atomic E-state index is 14.0. The lowest BCUT2D eigenvalue weighted by molar-refractivity contribution is -0.113. The van der Waals surface area contributed by atoms with E-state index in [4.69, 9.17) is 19.2 Å². The molecular weight excluding hydrogens is 550 g/mol. The number of fused-ring (bicyclic) bond motifs is 1. The van der Waals surface area contributed by atoms with E-state index < -0.39 is 6.04 Å². The summed E-state index contributed by atoms with van der Waals surface area (Å²) in [6, 6.07) is 21.6. The molecule has 0 spiro atoms. The van der Waals surface area contributed by atoms with Gasteiger partial charge >= 0.3 is 0 Å². The highest BCUT2D eigenvalue weighted by Crippen LogP contribution is 2.32. The summed E-state index contributed by atoms with van der Waals surface area (Å²) < 4.78 is 19.2. The van der Waals surface area contributed by atoms with E-state index in [1.807, 2.05) is 99.6 Å². The molecule has 216 valence electrons. The molecule has 9 heteroatoms. The van der Waals surface area contributed by atoms with Crippen LogP contribution in [0.25, 0.3) is 6.08 Å². The molecule has 0 radical (unpaired) electrons. The van der Waals surface area contributed by atoms with E-state index in [1.165, 1.54) is 11.3 Å².